The fourth-order valence-corrected chi connectivity index (χ4v) is 7.22. The highest BCUT2D eigenvalue weighted by molar-refractivity contribution is 6.19. The van der Waals surface area contributed by atoms with E-state index in [0.29, 0.717) is 28.3 Å². The zero-order valence-electron chi connectivity index (χ0n) is 24.0. The minimum atomic E-state index is -1.41. The summed E-state index contributed by atoms with van der Waals surface area (Å²) in [5, 5.41) is 3.07. The number of nitrogens with zero attached hydrogens (tertiary/aromatic N) is 1. The lowest BCUT2D eigenvalue weighted by atomic mass is 9.64. The molecule has 7 rings (SSSR count). The van der Waals surface area contributed by atoms with Crippen molar-refractivity contribution < 1.29 is 23.9 Å². The first-order chi connectivity index (χ1) is 20.9. The SMILES string of the molecule is COc1ccc(OC)c(C(=O)C2C(C(=O)c3ccccc3)N3c4cc(C)ccc4C=CC3C23C(=O)Nc2ccccc23)c1. The van der Waals surface area contributed by atoms with Gasteiger partial charge in [-0.1, -0.05) is 72.8 Å². The van der Waals surface area contributed by atoms with Crippen LogP contribution in [0.25, 0.3) is 6.08 Å². The number of ether oxygens (including phenoxy) is 2. The second-order valence-corrected chi connectivity index (χ2v) is 11.2. The molecule has 3 aliphatic heterocycles. The van der Waals surface area contributed by atoms with Crippen LogP contribution in [0.3, 0.4) is 0 Å². The molecule has 0 bridgehead atoms. The molecule has 4 unspecified atom stereocenters. The molecular weight excluding hydrogens is 540 g/mol. The Kier molecular flexibility index (Phi) is 6.20. The summed E-state index contributed by atoms with van der Waals surface area (Å²) in [7, 11) is 3.03. The number of anilines is 2. The fraction of sp³-hybridized carbons (Fsp3) is 0.194. The highest BCUT2D eigenvalue weighted by Gasteiger charge is 2.70. The molecule has 0 aromatic heterocycles. The van der Waals surface area contributed by atoms with Crippen LogP contribution in [0.4, 0.5) is 11.4 Å². The van der Waals surface area contributed by atoms with Gasteiger partial charge < -0.3 is 19.7 Å². The third-order valence-electron chi connectivity index (χ3n) is 9.07. The van der Waals surface area contributed by atoms with Gasteiger partial charge in [0.15, 0.2) is 11.6 Å². The van der Waals surface area contributed by atoms with Crippen molar-refractivity contribution in [2.24, 2.45) is 5.92 Å². The Balaban J connectivity index is 1.56. The van der Waals surface area contributed by atoms with E-state index in [1.165, 1.54) is 14.2 Å². The minimum Gasteiger partial charge on any atom is -0.497 e. The van der Waals surface area contributed by atoms with Gasteiger partial charge in [-0.25, -0.2) is 0 Å². The van der Waals surface area contributed by atoms with Crippen molar-refractivity contribution in [2.45, 2.75) is 24.4 Å². The molecule has 7 nitrogen and oxygen atoms in total. The van der Waals surface area contributed by atoms with Gasteiger partial charge in [0.1, 0.15) is 23.0 Å². The van der Waals surface area contributed by atoms with E-state index < -0.39 is 23.4 Å². The van der Waals surface area contributed by atoms with Crippen LogP contribution in [-0.4, -0.2) is 43.8 Å². The molecular formula is C36H30N2O5. The first kappa shape index (κ1) is 26.7. The van der Waals surface area contributed by atoms with Gasteiger partial charge >= 0.3 is 0 Å². The van der Waals surface area contributed by atoms with Crippen LogP contribution in [0.1, 0.15) is 37.4 Å². The third-order valence-corrected chi connectivity index (χ3v) is 9.07. The molecule has 1 spiro atoms. The van der Waals surface area contributed by atoms with Crippen molar-refractivity contribution >= 4 is 34.9 Å². The van der Waals surface area contributed by atoms with Gasteiger partial charge in [-0.2, -0.15) is 0 Å². The summed E-state index contributed by atoms with van der Waals surface area (Å²) < 4.78 is 11.1. The number of hydrogen-bond donors (Lipinski definition) is 1. The number of Topliss-reactive ketones (excluding diaryl/α,β-unsaturated/α-hetero) is 2. The molecule has 4 aromatic carbocycles. The quantitative estimate of drug-likeness (QED) is 0.292. The van der Waals surface area contributed by atoms with Crippen molar-refractivity contribution in [1.29, 1.82) is 0 Å². The van der Waals surface area contributed by atoms with Crippen molar-refractivity contribution in [2.75, 3.05) is 24.4 Å². The molecule has 4 aromatic rings. The molecule has 1 saturated heterocycles. The number of ketones is 2. The highest BCUT2D eigenvalue weighted by Crippen LogP contribution is 2.58. The van der Waals surface area contributed by atoms with Gasteiger partial charge in [-0.15, -0.1) is 0 Å². The first-order valence-corrected chi connectivity index (χ1v) is 14.2. The molecule has 1 fully saturated rings. The Labute approximate surface area is 249 Å². The molecule has 43 heavy (non-hydrogen) atoms. The molecule has 3 heterocycles. The van der Waals surface area contributed by atoms with Crippen molar-refractivity contribution in [3.05, 3.63) is 125 Å². The van der Waals surface area contributed by atoms with E-state index in [-0.39, 0.29) is 23.0 Å². The Morgan fingerprint density at radius 3 is 2.40 bits per heavy atom. The minimum absolute atomic E-state index is 0.234. The Morgan fingerprint density at radius 1 is 0.860 bits per heavy atom. The Bertz CT molecular complexity index is 1830. The average Bonchev–Trinajstić information content (AvgIpc) is 3.52. The summed E-state index contributed by atoms with van der Waals surface area (Å²) in [5.41, 5.74) is 3.38. The van der Waals surface area contributed by atoms with E-state index in [1.54, 1.807) is 30.3 Å². The summed E-state index contributed by atoms with van der Waals surface area (Å²) in [6.45, 7) is 1.99. The fourth-order valence-electron chi connectivity index (χ4n) is 7.22. The first-order valence-electron chi connectivity index (χ1n) is 14.2. The summed E-state index contributed by atoms with van der Waals surface area (Å²) in [5.74, 6) is -1.21. The maximum atomic E-state index is 15.2. The normalized spacial score (nSPS) is 22.9. The molecule has 1 amide bonds. The van der Waals surface area contributed by atoms with Crippen LogP contribution >= 0.6 is 0 Å². The number of benzene rings is 4. The van der Waals surface area contributed by atoms with Crippen LogP contribution in [0, 0.1) is 12.8 Å². The number of nitrogens with one attached hydrogen (secondary N) is 1. The molecule has 214 valence electrons. The Morgan fingerprint density at radius 2 is 1.63 bits per heavy atom. The van der Waals surface area contributed by atoms with Gasteiger partial charge in [0.05, 0.1) is 31.7 Å². The maximum Gasteiger partial charge on any atom is 0.238 e. The number of rotatable bonds is 6. The topological polar surface area (TPSA) is 84.9 Å². The number of fused-ring (bicyclic) bond motifs is 6. The predicted molar refractivity (Wildman–Crippen MR) is 165 cm³/mol. The number of methoxy groups -OCH3 is 2. The lowest BCUT2D eigenvalue weighted by molar-refractivity contribution is -0.121. The zero-order chi connectivity index (χ0) is 29.9. The summed E-state index contributed by atoms with van der Waals surface area (Å²) in [6.07, 6.45) is 3.97. The molecule has 3 aliphatic rings. The van der Waals surface area contributed by atoms with Crippen LogP contribution in [0.15, 0.2) is 97.1 Å². The predicted octanol–water partition coefficient (Wildman–Crippen LogP) is 5.87. The molecule has 0 saturated carbocycles. The van der Waals surface area contributed by atoms with Crippen LogP contribution < -0.4 is 19.7 Å². The average molecular weight is 571 g/mol. The number of amides is 1. The number of carbonyl (C=O) groups excluding carboxylic acids is 3. The van der Waals surface area contributed by atoms with Gasteiger partial charge in [0, 0.05) is 16.9 Å². The smallest absolute Gasteiger partial charge is 0.238 e. The highest BCUT2D eigenvalue weighted by atomic mass is 16.5. The van der Waals surface area contributed by atoms with Gasteiger partial charge in [-0.05, 0) is 53.9 Å². The lowest BCUT2D eigenvalue weighted by Gasteiger charge is -2.37. The molecule has 0 aliphatic carbocycles. The van der Waals surface area contributed by atoms with Crippen LogP contribution in [0.5, 0.6) is 11.5 Å². The van der Waals surface area contributed by atoms with Gasteiger partial charge in [-0.3, -0.25) is 14.4 Å². The van der Waals surface area contributed by atoms with Gasteiger partial charge in [0.2, 0.25) is 5.91 Å². The molecule has 7 heteroatoms. The van der Waals surface area contributed by atoms with Crippen LogP contribution in [-0.2, 0) is 10.2 Å². The summed E-state index contributed by atoms with van der Waals surface area (Å²) in [6, 6.07) is 25.9. The van der Waals surface area contributed by atoms with E-state index in [9.17, 15) is 9.59 Å². The zero-order valence-corrected chi connectivity index (χ0v) is 24.0. The maximum absolute atomic E-state index is 15.2. The number of carbonyl (C=O) groups is 3. The summed E-state index contributed by atoms with van der Waals surface area (Å²) >= 11 is 0. The van der Waals surface area contributed by atoms with E-state index in [4.69, 9.17) is 9.47 Å². The molecule has 0 radical (unpaired) electrons. The Hall–Kier alpha value is -5.17. The second kappa shape index (κ2) is 9.98. The van der Waals surface area contributed by atoms with Crippen molar-refractivity contribution in [1.82, 2.24) is 0 Å². The van der Waals surface area contributed by atoms with E-state index in [0.717, 1.165) is 16.8 Å². The number of hydrogen-bond acceptors (Lipinski definition) is 6. The third kappa shape index (κ3) is 3.77. The van der Waals surface area contributed by atoms with Gasteiger partial charge in [0.25, 0.3) is 0 Å². The van der Waals surface area contributed by atoms with E-state index in [1.807, 2.05) is 84.6 Å². The molecule has 4 atom stereocenters. The van der Waals surface area contributed by atoms with Crippen LogP contribution in [0.2, 0.25) is 0 Å². The monoisotopic (exact) mass is 570 g/mol. The second-order valence-electron chi connectivity index (χ2n) is 11.2. The number of para-hydroxylation sites is 1. The molecule has 1 N–H and O–H groups in total. The number of aryl methyl sites for hydroxylation is 1. The van der Waals surface area contributed by atoms with Crippen molar-refractivity contribution in [3.8, 4) is 11.5 Å². The van der Waals surface area contributed by atoms with Crippen molar-refractivity contribution in [3.63, 3.8) is 0 Å². The lowest BCUT2D eigenvalue weighted by Crippen LogP contribution is -2.51. The standard InChI is InChI=1S/C36H30N2O5/c1-21-13-14-22-15-18-30-36(26-11-7-8-12-27(26)37-35(36)41)31(34(40)25-20-24(42-2)16-17-29(25)43-3)32(38(30)28(22)19-21)33(39)23-9-5-4-6-10-23/h4-20,30-32H,1-3H3,(H,37,41). The largest absolute Gasteiger partial charge is 0.497 e. The summed E-state index contributed by atoms with van der Waals surface area (Å²) in [4.78, 5) is 46.5. The van der Waals surface area contributed by atoms with E-state index >= 15 is 4.79 Å². The van der Waals surface area contributed by atoms with E-state index in [2.05, 4.69) is 5.32 Å².